The van der Waals surface area contributed by atoms with Crippen LogP contribution in [0.1, 0.15) is 31.9 Å². The van der Waals surface area contributed by atoms with Gasteiger partial charge in [-0.15, -0.1) is 0 Å². The van der Waals surface area contributed by atoms with Crippen molar-refractivity contribution in [1.29, 1.82) is 0 Å². The molecule has 0 aliphatic carbocycles. The maximum Gasteiger partial charge on any atom is 0.387 e. The molecule has 20 heavy (non-hydrogen) atoms. The van der Waals surface area contributed by atoms with Gasteiger partial charge in [-0.05, 0) is 47.0 Å². The monoisotopic (exact) mass is 286 g/mol. The lowest BCUT2D eigenvalue weighted by Gasteiger charge is -2.23. The first-order valence-corrected chi connectivity index (χ1v) is 6.84. The number of para-hydroxylation sites is 1. The third kappa shape index (κ3) is 5.84. The van der Waals surface area contributed by atoms with E-state index in [4.69, 9.17) is 0 Å². The standard InChI is InChI=1S/C15H24F2N2O/c1-11(9-10-19(3)4)18-12(2)13-7-5-6-8-14(13)20-15(16)17/h5-8,11-12,15,18H,9-10H2,1-4H3. The molecule has 0 saturated carbocycles. The second-order valence-electron chi connectivity index (χ2n) is 5.30. The van der Waals surface area contributed by atoms with Crippen LogP contribution in [0.15, 0.2) is 24.3 Å². The van der Waals surface area contributed by atoms with Gasteiger partial charge in [0, 0.05) is 17.6 Å². The minimum absolute atomic E-state index is 0.0397. The molecule has 0 aliphatic heterocycles. The molecule has 1 aromatic rings. The van der Waals surface area contributed by atoms with Crippen LogP contribution in [0, 0.1) is 0 Å². The Morgan fingerprint density at radius 3 is 2.45 bits per heavy atom. The summed E-state index contributed by atoms with van der Waals surface area (Å²) in [5.74, 6) is 0.238. The van der Waals surface area contributed by atoms with E-state index in [1.807, 2.05) is 33.2 Å². The number of ether oxygens (including phenoxy) is 1. The van der Waals surface area contributed by atoms with Crippen molar-refractivity contribution in [2.75, 3.05) is 20.6 Å². The Balaban J connectivity index is 2.64. The summed E-state index contributed by atoms with van der Waals surface area (Å²) in [4.78, 5) is 2.12. The number of rotatable bonds is 8. The zero-order chi connectivity index (χ0) is 15.1. The van der Waals surface area contributed by atoms with Crippen molar-refractivity contribution in [2.24, 2.45) is 0 Å². The first kappa shape index (κ1) is 16.9. The van der Waals surface area contributed by atoms with Gasteiger partial charge >= 0.3 is 6.61 Å². The summed E-state index contributed by atoms with van der Waals surface area (Å²) in [6, 6.07) is 7.17. The zero-order valence-corrected chi connectivity index (χ0v) is 12.6. The van der Waals surface area contributed by atoms with E-state index < -0.39 is 6.61 Å². The fourth-order valence-electron chi connectivity index (χ4n) is 2.09. The molecule has 0 radical (unpaired) electrons. The second-order valence-corrected chi connectivity index (χ2v) is 5.30. The average molecular weight is 286 g/mol. The number of alkyl halides is 2. The van der Waals surface area contributed by atoms with Gasteiger partial charge in [0.2, 0.25) is 0 Å². The van der Waals surface area contributed by atoms with Crippen LogP contribution < -0.4 is 10.1 Å². The Hall–Kier alpha value is -1.20. The quantitative estimate of drug-likeness (QED) is 0.793. The molecule has 0 saturated heterocycles. The molecule has 0 aliphatic rings. The molecule has 114 valence electrons. The Morgan fingerprint density at radius 1 is 1.20 bits per heavy atom. The van der Waals surface area contributed by atoms with Crippen LogP contribution in [0.2, 0.25) is 0 Å². The normalized spacial score (nSPS) is 14.6. The summed E-state index contributed by atoms with van der Waals surface area (Å²) in [6.07, 6.45) is 0.995. The number of halogens is 2. The van der Waals surface area contributed by atoms with Gasteiger partial charge in [0.1, 0.15) is 5.75 Å². The highest BCUT2D eigenvalue weighted by Crippen LogP contribution is 2.26. The number of benzene rings is 1. The van der Waals surface area contributed by atoms with Crippen molar-refractivity contribution in [3.05, 3.63) is 29.8 Å². The van der Waals surface area contributed by atoms with Crippen LogP contribution in [-0.2, 0) is 0 Å². The second kappa shape index (κ2) is 8.17. The summed E-state index contributed by atoms with van der Waals surface area (Å²) in [5.41, 5.74) is 0.754. The predicted octanol–water partition coefficient (Wildman–Crippen LogP) is 3.28. The fraction of sp³-hybridized carbons (Fsp3) is 0.600. The highest BCUT2D eigenvalue weighted by molar-refractivity contribution is 5.35. The minimum atomic E-state index is -2.80. The molecule has 0 amide bonds. The van der Waals surface area contributed by atoms with E-state index in [1.165, 1.54) is 0 Å². The van der Waals surface area contributed by atoms with Gasteiger partial charge in [-0.25, -0.2) is 0 Å². The van der Waals surface area contributed by atoms with E-state index in [1.54, 1.807) is 12.1 Å². The molecule has 0 spiro atoms. The Labute approximate surface area is 119 Å². The molecule has 0 bridgehead atoms. The van der Waals surface area contributed by atoms with Crippen molar-refractivity contribution in [1.82, 2.24) is 10.2 Å². The lowest BCUT2D eigenvalue weighted by atomic mass is 10.1. The van der Waals surface area contributed by atoms with Crippen molar-refractivity contribution < 1.29 is 13.5 Å². The molecular formula is C15H24F2N2O. The van der Waals surface area contributed by atoms with Crippen molar-refractivity contribution in [3.63, 3.8) is 0 Å². The van der Waals surface area contributed by atoms with Gasteiger partial charge in [0.25, 0.3) is 0 Å². The molecule has 3 nitrogen and oxygen atoms in total. The number of nitrogens with zero attached hydrogens (tertiary/aromatic N) is 1. The van der Waals surface area contributed by atoms with Gasteiger partial charge in [-0.3, -0.25) is 0 Å². The molecule has 1 rings (SSSR count). The van der Waals surface area contributed by atoms with Crippen LogP contribution in [0.4, 0.5) is 8.78 Å². The van der Waals surface area contributed by atoms with E-state index in [0.717, 1.165) is 18.5 Å². The summed E-state index contributed by atoms with van der Waals surface area (Å²) >= 11 is 0. The van der Waals surface area contributed by atoms with Crippen LogP contribution in [0.3, 0.4) is 0 Å². The molecule has 5 heteroatoms. The van der Waals surface area contributed by atoms with Crippen LogP contribution in [0.25, 0.3) is 0 Å². The van der Waals surface area contributed by atoms with Crippen molar-refractivity contribution in [3.8, 4) is 5.75 Å². The van der Waals surface area contributed by atoms with Gasteiger partial charge in [0.05, 0.1) is 0 Å². The number of nitrogens with one attached hydrogen (secondary N) is 1. The molecule has 2 unspecified atom stereocenters. The van der Waals surface area contributed by atoms with Gasteiger partial charge in [-0.1, -0.05) is 18.2 Å². The first-order chi connectivity index (χ1) is 9.40. The molecule has 0 heterocycles. The van der Waals surface area contributed by atoms with Crippen LogP contribution in [-0.4, -0.2) is 38.2 Å². The summed E-state index contributed by atoms with van der Waals surface area (Å²) in [6.45, 7) is 2.24. The molecule has 0 fully saturated rings. The molecule has 0 aromatic heterocycles. The van der Waals surface area contributed by atoms with Crippen molar-refractivity contribution >= 4 is 0 Å². The largest absolute Gasteiger partial charge is 0.434 e. The van der Waals surface area contributed by atoms with E-state index in [0.29, 0.717) is 6.04 Å². The summed E-state index contributed by atoms with van der Waals surface area (Å²) < 4.78 is 29.3. The SMILES string of the molecule is CC(CCN(C)C)NC(C)c1ccccc1OC(F)F. The third-order valence-corrected chi connectivity index (χ3v) is 3.15. The maximum absolute atomic E-state index is 12.4. The molecule has 1 aromatic carbocycles. The highest BCUT2D eigenvalue weighted by Gasteiger charge is 2.16. The van der Waals surface area contributed by atoms with E-state index in [9.17, 15) is 8.78 Å². The predicted molar refractivity (Wildman–Crippen MR) is 77.3 cm³/mol. The zero-order valence-electron chi connectivity index (χ0n) is 12.6. The Morgan fingerprint density at radius 2 is 1.85 bits per heavy atom. The topological polar surface area (TPSA) is 24.5 Å². The minimum Gasteiger partial charge on any atom is -0.434 e. The van der Waals surface area contributed by atoms with E-state index >= 15 is 0 Å². The van der Waals surface area contributed by atoms with Gasteiger partial charge < -0.3 is 15.0 Å². The Bertz CT molecular complexity index is 399. The van der Waals surface area contributed by atoms with Crippen LogP contribution >= 0.6 is 0 Å². The molecule has 1 N–H and O–H groups in total. The third-order valence-electron chi connectivity index (χ3n) is 3.15. The van der Waals surface area contributed by atoms with Crippen molar-refractivity contribution in [2.45, 2.75) is 39.0 Å². The Kier molecular flexibility index (Phi) is 6.88. The molecule has 2 atom stereocenters. The van der Waals surface area contributed by atoms with E-state index in [2.05, 4.69) is 21.9 Å². The highest BCUT2D eigenvalue weighted by atomic mass is 19.3. The van der Waals surface area contributed by atoms with Crippen LogP contribution in [0.5, 0.6) is 5.75 Å². The smallest absolute Gasteiger partial charge is 0.387 e. The maximum atomic E-state index is 12.4. The first-order valence-electron chi connectivity index (χ1n) is 6.84. The lowest BCUT2D eigenvalue weighted by molar-refractivity contribution is -0.0506. The summed E-state index contributed by atoms with van der Waals surface area (Å²) in [5, 5.41) is 3.41. The summed E-state index contributed by atoms with van der Waals surface area (Å²) in [7, 11) is 4.06. The average Bonchev–Trinajstić information content (AvgIpc) is 2.36. The van der Waals surface area contributed by atoms with E-state index in [-0.39, 0.29) is 11.8 Å². The number of hydrogen-bond donors (Lipinski definition) is 1. The van der Waals surface area contributed by atoms with Gasteiger partial charge in [-0.2, -0.15) is 8.78 Å². The number of hydrogen-bond acceptors (Lipinski definition) is 3. The molecular weight excluding hydrogens is 262 g/mol. The van der Waals surface area contributed by atoms with Gasteiger partial charge in [0.15, 0.2) is 0 Å². The lowest BCUT2D eigenvalue weighted by Crippen LogP contribution is -2.32. The fourth-order valence-corrected chi connectivity index (χ4v) is 2.09.